The standard InChI is InChI=1S/C15H19BrN4O2.ClH/c1-10(21-12-5-3-11(16)4-6-12)15-18-14(19-22-15)13-9-17-7-8-20(13)2;/h3-6,10,13,17H,7-9H2,1-2H3;1H. The van der Waals surface area contributed by atoms with Gasteiger partial charge in [-0.2, -0.15) is 4.98 Å². The molecule has 2 heterocycles. The normalized spacial score (nSPS) is 19.9. The fourth-order valence-corrected chi connectivity index (χ4v) is 2.67. The number of ether oxygens (including phenoxy) is 1. The van der Waals surface area contributed by atoms with Crippen LogP contribution in [-0.2, 0) is 0 Å². The van der Waals surface area contributed by atoms with Gasteiger partial charge in [0.1, 0.15) is 5.75 Å². The predicted octanol–water partition coefficient (Wildman–Crippen LogP) is 2.97. The highest BCUT2D eigenvalue weighted by molar-refractivity contribution is 9.10. The summed E-state index contributed by atoms with van der Waals surface area (Å²) in [6, 6.07) is 7.81. The van der Waals surface area contributed by atoms with E-state index in [-0.39, 0.29) is 24.6 Å². The van der Waals surface area contributed by atoms with Crippen LogP contribution >= 0.6 is 28.3 Å². The van der Waals surface area contributed by atoms with Gasteiger partial charge >= 0.3 is 0 Å². The number of benzene rings is 1. The van der Waals surface area contributed by atoms with E-state index < -0.39 is 0 Å². The molecule has 1 fully saturated rings. The Hall–Kier alpha value is -1.15. The molecule has 23 heavy (non-hydrogen) atoms. The smallest absolute Gasteiger partial charge is 0.267 e. The largest absolute Gasteiger partial charge is 0.481 e. The number of nitrogens with one attached hydrogen (secondary N) is 1. The highest BCUT2D eigenvalue weighted by atomic mass is 79.9. The molecule has 2 aromatic rings. The first kappa shape index (κ1) is 18.2. The SMILES string of the molecule is CC(Oc1ccc(Br)cc1)c1nc(C2CNCCN2C)no1.Cl. The van der Waals surface area contributed by atoms with E-state index in [2.05, 4.69) is 43.3 Å². The van der Waals surface area contributed by atoms with Gasteiger partial charge in [0.05, 0.1) is 6.04 Å². The first-order valence-corrected chi connectivity index (χ1v) is 8.09. The lowest BCUT2D eigenvalue weighted by atomic mass is 10.2. The van der Waals surface area contributed by atoms with Gasteiger partial charge in [-0.25, -0.2) is 0 Å². The number of rotatable bonds is 4. The zero-order valence-electron chi connectivity index (χ0n) is 13.0. The molecule has 2 unspecified atom stereocenters. The second-order valence-electron chi connectivity index (χ2n) is 5.41. The molecule has 6 nitrogen and oxygen atoms in total. The molecular weight excluding hydrogens is 384 g/mol. The summed E-state index contributed by atoms with van der Waals surface area (Å²) in [5, 5.41) is 7.46. The summed E-state index contributed by atoms with van der Waals surface area (Å²) in [7, 11) is 2.07. The van der Waals surface area contributed by atoms with E-state index in [1.165, 1.54) is 0 Å². The lowest BCUT2D eigenvalue weighted by molar-refractivity contribution is 0.173. The van der Waals surface area contributed by atoms with E-state index in [1.807, 2.05) is 31.2 Å². The molecule has 1 saturated heterocycles. The Morgan fingerprint density at radius 2 is 2.13 bits per heavy atom. The molecule has 2 atom stereocenters. The van der Waals surface area contributed by atoms with Crippen molar-refractivity contribution in [1.82, 2.24) is 20.4 Å². The van der Waals surface area contributed by atoms with Gasteiger partial charge in [-0.1, -0.05) is 21.1 Å². The van der Waals surface area contributed by atoms with Crippen molar-refractivity contribution in [3.63, 3.8) is 0 Å². The van der Waals surface area contributed by atoms with Gasteiger partial charge in [-0.15, -0.1) is 12.4 Å². The van der Waals surface area contributed by atoms with Crippen molar-refractivity contribution in [1.29, 1.82) is 0 Å². The van der Waals surface area contributed by atoms with Crippen LogP contribution in [0.3, 0.4) is 0 Å². The minimum absolute atomic E-state index is 0. The molecule has 0 spiro atoms. The van der Waals surface area contributed by atoms with Crippen LogP contribution in [0, 0.1) is 0 Å². The molecule has 1 N–H and O–H groups in total. The summed E-state index contributed by atoms with van der Waals surface area (Å²) in [6.45, 7) is 4.69. The average molecular weight is 404 g/mol. The zero-order valence-corrected chi connectivity index (χ0v) is 15.4. The van der Waals surface area contributed by atoms with Crippen LogP contribution in [0.5, 0.6) is 5.75 Å². The number of nitrogens with zero attached hydrogens (tertiary/aromatic N) is 3. The summed E-state index contributed by atoms with van der Waals surface area (Å²) in [5.74, 6) is 1.97. The Morgan fingerprint density at radius 1 is 1.39 bits per heavy atom. The van der Waals surface area contributed by atoms with Crippen molar-refractivity contribution in [3.8, 4) is 5.75 Å². The Bertz CT molecular complexity index is 622. The number of hydrogen-bond donors (Lipinski definition) is 1. The second-order valence-corrected chi connectivity index (χ2v) is 6.32. The molecule has 0 radical (unpaired) electrons. The number of likely N-dealkylation sites (N-methyl/N-ethyl adjacent to an activating group) is 1. The van der Waals surface area contributed by atoms with Gasteiger partial charge in [0.2, 0.25) is 0 Å². The van der Waals surface area contributed by atoms with Crippen LogP contribution in [0.2, 0.25) is 0 Å². The van der Waals surface area contributed by atoms with E-state index in [4.69, 9.17) is 9.26 Å². The van der Waals surface area contributed by atoms with E-state index in [1.54, 1.807) is 0 Å². The lowest BCUT2D eigenvalue weighted by Crippen LogP contribution is -2.44. The van der Waals surface area contributed by atoms with Gasteiger partial charge in [-0.05, 0) is 38.2 Å². The molecule has 0 saturated carbocycles. The molecule has 1 aromatic heterocycles. The summed E-state index contributed by atoms with van der Waals surface area (Å²) < 4.78 is 12.2. The maximum atomic E-state index is 5.84. The number of hydrogen-bond acceptors (Lipinski definition) is 6. The quantitative estimate of drug-likeness (QED) is 0.847. The van der Waals surface area contributed by atoms with Crippen LogP contribution in [0.1, 0.15) is 30.8 Å². The minimum Gasteiger partial charge on any atom is -0.481 e. The predicted molar refractivity (Wildman–Crippen MR) is 93.0 cm³/mol. The average Bonchev–Trinajstić information content (AvgIpc) is 3.00. The van der Waals surface area contributed by atoms with E-state index in [0.717, 1.165) is 29.9 Å². The van der Waals surface area contributed by atoms with Gasteiger partial charge in [0.25, 0.3) is 5.89 Å². The third-order valence-corrected chi connectivity index (χ3v) is 4.27. The third-order valence-electron chi connectivity index (χ3n) is 3.74. The zero-order chi connectivity index (χ0) is 15.5. The van der Waals surface area contributed by atoms with Crippen LogP contribution in [0.15, 0.2) is 33.3 Å². The van der Waals surface area contributed by atoms with Crippen molar-refractivity contribution in [2.45, 2.75) is 19.1 Å². The molecule has 0 bridgehead atoms. The Balaban J connectivity index is 0.00000192. The van der Waals surface area contributed by atoms with Crippen molar-refractivity contribution in [2.75, 3.05) is 26.7 Å². The Morgan fingerprint density at radius 3 is 2.83 bits per heavy atom. The van der Waals surface area contributed by atoms with Crippen molar-refractivity contribution >= 4 is 28.3 Å². The maximum Gasteiger partial charge on any atom is 0.267 e. The molecule has 126 valence electrons. The van der Waals surface area contributed by atoms with Crippen molar-refractivity contribution in [3.05, 3.63) is 40.5 Å². The molecule has 1 aliphatic heterocycles. The van der Waals surface area contributed by atoms with Crippen molar-refractivity contribution < 1.29 is 9.26 Å². The first-order valence-electron chi connectivity index (χ1n) is 7.30. The van der Waals surface area contributed by atoms with Crippen molar-refractivity contribution in [2.24, 2.45) is 0 Å². The van der Waals surface area contributed by atoms with E-state index in [0.29, 0.717) is 11.7 Å². The van der Waals surface area contributed by atoms with Gasteiger partial charge < -0.3 is 14.6 Å². The van der Waals surface area contributed by atoms with Crippen LogP contribution < -0.4 is 10.1 Å². The number of aromatic nitrogens is 2. The summed E-state index contributed by atoms with van der Waals surface area (Å²) >= 11 is 3.40. The summed E-state index contributed by atoms with van der Waals surface area (Å²) in [5.41, 5.74) is 0. The van der Waals surface area contributed by atoms with Gasteiger partial charge in [0.15, 0.2) is 11.9 Å². The topological polar surface area (TPSA) is 63.4 Å². The first-order chi connectivity index (χ1) is 10.6. The Kier molecular flexibility index (Phi) is 6.41. The molecule has 0 amide bonds. The van der Waals surface area contributed by atoms with Crippen LogP contribution in [0.25, 0.3) is 0 Å². The molecule has 3 rings (SSSR count). The van der Waals surface area contributed by atoms with Crippen LogP contribution in [0.4, 0.5) is 0 Å². The highest BCUT2D eigenvalue weighted by Gasteiger charge is 2.26. The molecule has 1 aromatic carbocycles. The fraction of sp³-hybridized carbons (Fsp3) is 0.467. The Labute approximate surface area is 150 Å². The molecular formula is C15H20BrClN4O2. The number of piperazine rings is 1. The monoisotopic (exact) mass is 402 g/mol. The fourth-order valence-electron chi connectivity index (χ4n) is 2.41. The summed E-state index contributed by atoms with van der Waals surface area (Å²) in [4.78, 5) is 6.73. The molecule has 0 aliphatic carbocycles. The van der Waals surface area contributed by atoms with E-state index >= 15 is 0 Å². The highest BCUT2D eigenvalue weighted by Crippen LogP contribution is 2.24. The third kappa shape index (κ3) is 4.44. The number of halogens is 2. The van der Waals surface area contributed by atoms with Gasteiger partial charge in [0, 0.05) is 24.1 Å². The van der Waals surface area contributed by atoms with Crippen LogP contribution in [-0.4, -0.2) is 41.7 Å². The lowest BCUT2D eigenvalue weighted by Gasteiger charge is -2.30. The maximum absolute atomic E-state index is 5.84. The summed E-state index contributed by atoms with van der Waals surface area (Å²) in [6.07, 6.45) is -0.288. The minimum atomic E-state index is -0.288. The van der Waals surface area contributed by atoms with E-state index in [9.17, 15) is 0 Å². The van der Waals surface area contributed by atoms with Gasteiger partial charge in [-0.3, -0.25) is 4.90 Å². The molecule has 1 aliphatic rings. The molecule has 8 heteroatoms. The second kappa shape index (κ2) is 8.10.